The van der Waals surface area contributed by atoms with Gasteiger partial charge in [-0.15, -0.1) is 0 Å². The third-order valence-electron chi connectivity index (χ3n) is 2.87. The minimum absolute atomic E-state index is 0.301. The summed E-state index contributed by atoms with van der Waals surface area (Å²) >= 11 is 0. The van der Waals surface area contributed by atoms with Crippen LogP contribution in [0.3, 0.4) is 0 Å². The second-order valence-corrected chi connectivity index (χ2v) is 4.40. The monoisotopic (exact) mass is 275 g/mol. The number of aryl methyl sites for hydroxylation is 1. The number of benzene rings is 1. The molecule has 0 spiro atoms. The highest BCUT2D eigenvalue weighted by Crippen LogP contribution is 2.22. The van der Waals surface area contributed by atoms with Crippen LogP contribution in [0.25, 0.3) is 11.0 Å². The molecule has 5 nitrogen and oxygen atoms in total. The molecule has 0 unspecified atom stereocenters. The molecule has 0 fully saturated rings. The first-order chi connectivity index (χ1) is 9.63. The number of ether oxygens (including phenoxy) is 1. The number of hydrogen-bond donors (Lipinski definition) is 1. The molecule has 0 radical (unpaired) electrons. The van der Waals surface area contributed by atoms with Gasteiger partial charge in [0.2, 0.25) is 0 Å². The van der Waals surface area contributed by atoms with E-state index in [1.165, 1.54) is 6.07 Å². The molecule has 0 aliphatic rings. The van der Waals surface area contributed by atoms with Crippen LogP contribution in [-0.4, -0.2) is 12.7 Å². The third-order valence-corrected chi connectivity index (χ3v) is 2.87. The van der Waals surface area contributed by atoms with Crippen molar-refractivity contribution in [2.75, 3.05) is 11.9 Å². The van der Waals surface area contributed by atoms with Crippen LogP contribution >= 0.6 is 0 Å². The predicted molar refractivity (Wildman–Crippen MR) is 77.1 cm³/mol. The summed E-state index contributed by atoms with van der Waals surface area (Å²) in [4.78, 5) is 22.9. The number of carbonyl (C=O) groups excluding carboxylic acids is 1. The van der Waals surface area contributed by atoms with Crippen LogP contribution in [0, 0.1) is 0 Å². The number of fused-ring (bicyclic) bond motifs is 1. The Hall–Kier alpha value is -2.30. The van der Waals surface area contributed by atoms with Gasteiger partial charge in [-0.3, -0.25) is 5.32 Å². The number of hydrogen-bond acceptors (Lipinski definition) is 4. The van der Waals surface area contributed by atoms with E-state index in [9.17, 15) is 9.59 Å². The fourth-order valence-corrected chi connectivity index (χ4v) is 2.07. The number of rotatable bonds is 4. The van der Waals surface area contributed by atoms with Gasteiger partial charge in [-0.05, 0) is 31.0 Å². The van der Waals surface area contributed by atoms with Crippen molar-refractivity contribution < 1.29 is 13.9 Å². The molecule has 1 aromatic carbocycles. The van der Waals surface area contributed by atoms with E-state index in [-0.39, 0.29) is 5.63 Å². The maximum absolute atomic E-state index is 11.5. The Bertz CT molecular complexity index is 675. The lowest BCUT2D eigenvalue weighted by Gasteiger charge is -2.08. The molecule has 2 rings (SSSR count). The topological polar surface area (TPSA) is 68.5 Å². The summed E-state index contributed by atoms with van der Waals surface area (Å²) < 4.78 is 9.98. The van der Waals surface area contributed by atoms with Crippen LogP contribution in [0.4, 0.5) is 10.5 Å². The van der Waals surface area contributed by atoms with Gasteiger partial charge in [-0.2, -0.15) is 0 Å². The smallest absolute Gasteiger partial charge is 0.411 e. The van der Waals surface area contributed by atoms with Gasteiger partial charge in [-0.1, -0.05) is 13.3 Å². The largest absolute Gasteiger partial charge is 0.450 e. The van der Waals surface area contributed by atoms with E-state index in [1.54, 1.807) is 19.1 Å². The van der Waals surface area contributed by atoms with Crippen molar-refractivity contribution in [1.29, 1.82) is 0 Å². The summed E-state index contributed by atoms with van der Waals surface area (Å²) in [5, 5.41) is 3.47. The lowest BCUT2D eigenvalue weighted by molar-refractivity contribution is 0.168. The van der Waals surface area contributed by atoms with Crippen molar-refractivity contribution in [2.24, 2.45) is 0 Å². The lowest BCUT2D eigenvalue weighted by Crippen LogP contribution is -2.13. The summed E-state index contributed by atoms with van der Waals surface area (Å²) in [6, 6.07) is 6.75. The molecule has 0 saturated carbocycles. The Balaban J connectivity index is 2.39. The van der Waals surface area contributed by atoms with Gasteiger partial charge >= 0.3 is 11.7 Å². The molecule has 0 aliphatic heterocycles. The molecule has 1 N–H and O–H groups in total. The molecule has 0 bridgehead atoms. The van der Waals surface area contributed by atoms with Crippen molar-refractivity contribution in [3.8, 4) is 0 Å². The van der Waals surface area contributed by atoms with Gasteiger partial charge in [0.25, 0.3) is 0 Å². The predicted octanol–water partition coefficient (Wildman–Crippen LogP) is 3.31. The van der Waals surface area contributed by atoms with E-state index in [0.29, 0.717) is 17.9 Å². The van der Waals surface area contributed by atoms with Crippen LogP contribution in [-0.2, 0) is 11.2 Å². The summed E-state index contributed by atoms with van der Waals surface area (Å²) in [5.41, 5.74) is 1.58. The summed E-state index contributed by atoms with van der Waals surface area (Å²) in [7, 11) is 0. The Kier molecular flexibility index (Phi) is 4.40. The molecular formula is C15H17NO4. The fourth-order valence-electron chi connectivity index (χ4n) is 2.07. The molecule has 5 heteroatoms. The van der Waals surface area contributed by atoms with Gasteiger partial charge in [0.1, 0.15) is 5.58 Å². The summed E-state index contributed by atoms with van der Waals surface area (Å²) in [5.74, 6) is 0. The molecule has 0 aliphatic carbocycles. The zero-order chi connectivity index (χ0) is 14.5. The van der Waals surface area contributed by atoms with Gasteiger partial charge in [0.15, 0.2) is 0 Å². The van der Waals surface area contributed by atoms with Crippen molar-refractivity contribution in [3.63, 3.8) is 0 Å². The van der Waals surface area contributed by atoms with E-state index < -0.39 is 6.09 Å². The SMILES string of the molecule is CCCc1cc(=O)oc2cc(NC(=O)OCC)ccc12. The van der Waals surface area contributed by atoms with Gasteiger partial charge in [0, 0.05) is 23.2 Å². The van der Waals surface area contributed by atoms with Gasteiger partial charge < -0.3 is 9.15 Å². The highest BCUT2D eigenvalue weighted by atomic mass is 16.5. The Morgan fingerprint density at radius 1 is 1.30 bits per heavy atom. The second kappa shape index (κ2) is 6.23. The zero-order valence-corrected chi connectivity index (χ0v) is 11.6. The van der Waals surface area contributed by atoms with Gasteiger partial charge in [-0.25, -0.2) is 9.59 Å². The highest BCUT2D eigenvalue weighted by molar-refractivity contribution is 5.89. The average Bonchev–Trinajstić information content (AvgIpc) is 2.38. The molecule has 2 aromatic rings. The minimum atomic E-state index is -0.529. The maximum Gasteiger partial charge on any atom is 0.411 e. The normalized spacial score (nSPS) is 10.5. The van der Waals surface area contributed by atoms with E-state index in [2.05, 4.69) is 12.2 Å². The maximum atomic E-state index is 11.5. The molecule has 1 aromatic heterocycles. The third kappa shape index (κ3) is 3.17. The minimum Gasteiger partial charge on any atom is -0.450 e. The van der Waals surface area contributed by atoms with E-state index in [0.717, 1.165) is 23.8 Å². The zero-order valence-electron chi connectivity index (χ0n) is 11.6. The number of anilines is 1. The Morgan fingerprint density at radius 2 is 2.10 bits per heavy atom. The van der Waals surface area contributed by atoms with E-state index in [1.807, 2.05) is 6.07 Å². The summed E-state index contributed by atoms with van der Waals surface area (Å²) in [6.07, 6.45) is 1.23. The second-order valence-electron chi connectivity index (χ2n) is 4.40. The number of amides is 1. The number of nitrogens with one attached hydrogen (secondary N) is 1. The number of carbonyl (C=O) groups is 1. The standard InChI is InChI=1S/C15H17NO4/c1-3-5-10-8-14(17)20-13-9-11(6-7-12(10)13)16-15(18)19-4-2/h6-9H,3-5H2,1-2H3,(H,16,18). The van der Waals surface area contributed by atoms with Crippen LogP contribution < -0.4 is 10.9 Å². The first-order valence-corrected chi connectivity index (χ1v) is 6.64. The first kappa shape index (κ1) is 14.1. The van der Waals surface area contributed by atoms with E-state index >= 15 is 0 Å². The summed E-state index contributed by atoms with van der Waals surface area (Å²) in [6.45, 7) is 4.09. The molecule has 0 atom stereocenters. The molecule has 20 heavy (non-hydrogen) atoms. The van der Waals surface area contributed by atoms with Crippen molar-refractivity contribution in [3.05, 3.63) is 40.2 Å². The lowest BCUT2D eigenvalue weighted by atomic mass is 10.1. The van der Waals surface area contributed by atoms with Crippen molar-refractivity contribution in [2.45, 2.75) is 26.7 Å². The molecule has 1 amide bonds. The van der Waals surface area contributed by atoms with Crippen LogP contribution in [0.5, 0.6) is 0 Å². The highest BCUT2D eigenvalue weighted by Gasteiger charge is 2.08. The molecule has 1 heterocycles. The van der Waals surface area contributed by atoms with E-state index in [4.69, 9.17) is 9.15 Å². The average molecular weight is 275 g/mol. The van der Waals surface area contributed by atoms with Gasteiger partial charge in [0.05, 0.1) is 6.61 Å². The molecule has 106 valence electrons. The van der Waals surface area contributed by atoms with Crippen LogP contribution in [0.1, 0.15) is 25.8 Å². The van der Waals surface area contributed by atoms with Crippen LogP contribution in [0.2, 0.25) is 0 Å². The Morgan fingerprint density at radius 3 is 2.80 bits per heavy atom. The fraction of sp³-hybridized carbons (Fsp3) is 0.333. The van der Waals surface area contributed by atoms with Crippen LogP contribution in [0.15, 0.2) is 33.5 Å². The Labute approximate surface area is 116 Å². The van der Waals surface area contributed by atoms with Crippen molar-refractivity contribution in [1.82, 2.24) is 0 Å². The molecule has 0 saturated heterocycles. The quantitative estimate of drug-likeness (QED) is 0.869. The molecular weight excluding hydrogens is 258 g/mol. The van der Waals surface area contributed by atoms with Crippen molar-refractivity contribution >= 4 is 22.7 Å². The first-order valence-electron chi connectivity index (χ1n) is 6.64.